The Balaban J connectivity index is 2.58. The van der Waals surface area contributed by atoms with Crippen LogP contribution < -0.4 is 0 Å². The lowest BCUT2D eigenvalue weighted by molar-refractivity contribution is -0.130. The molecule has 1 aliphatic rings. The Labute approximate surface area is 105 Å². The topological polar surface area (TPSA) is 55.8 Å². The molecule has 0 aliphatic carbocycles. The van der Waals surface area contributed by atoms with E-state index in [-0.39, 0.29) is 26.0 Å². The van der Waals surface area contributed by atoms with Gasteiger partial charge in [0.2, 0.25) is 0 Å². The highest BCUT2D eigenvalue weighted by Gasteiger charge is 2.26. The Morgan fingerprint density at radius 2 is 2.29 bits per heavy atom. The summed E-state index contributed by atoms with van der Waals surface area (Å²) in [6.07, 6.45) is -1.01. The van der Waals surface area contributed by atoms with Crippen LogP contribution in [0.15, 0.2) is 0 Å². The minimum Gasteiger partial charge on any atom is -0.468 e. The molecule has 0 saturated carbocycles. The molecular weight excluding hydrogens is 222 g/mol. The van der Waals surface area contributed by atoms with E-state index < -0.39 is 24.0 Å². The van der Waals surface area contributed by atoms with Crippen LogP contribution in [0.3, 0.4) is 0 Å². The summed E-state index contributed by atoms with van der Waals surface area (Å²) in [6.45, 7) is 5.94. The van der Waals surface area contributed by atoms with E-state index in [1.807, 2.05) is 0 Å². The van der Waals surface area contributed by atoms with Crippen molar-refractivity contribution in [3.8, 4) is 0 Å². The first-order chi connectivity index (χ1) is 8.68. The largest absolute Gasteiger partial charge is 0.468 e. The number of piperidine rings is 1. The van der Waals surface area contributed by atoms with Crippen LogP contribution in [-0.4, -0.2) is 42.8 Å². The smallest absolute Gasteiger partial charge is 0.410 e. The van der Waals surface area contributed by atoms with Crippen LogP contribution >= 0.6 is 0 Å². The second-order valence-corrected chi connectivity index (χ2v) is 4.95. The maximum absolute atomic E-state index is 11.9. The highest BCUT2D eigenvalue weighted by Crippen LogP contribution is 2.19. The molecule has 1 amide bonds. The van der Waals surface area contributed by atoms with Crippen LogP contribution in [0.4, 0.5) is 4.79 Å². The molecule has 0 bridgehead atoms. The molecule has 0 radical (unpaired) electrons. The molecule has 2 atom stereocenters. The molecule has 5 nitrogen and oxygen atoms in total. The minimum atomic E-state index is -1.15. The molecule has 1 aliphatic heterocycles. The van der Waals surface area contributed by atoms with E-state index in [1.54, 1.807) is 20.8 Å². The standard InChI is InChI=1S/C12H21NO4/c1-12(2,3)17-11(15)13-6-4-10(5-7-13)8-16-9-14/h9-10H,4-8H2,1-3H3/i4D,10D. The number of hydrogen-bond acceptors (Lipinski definition) is 4. The van der Waals surface area contributed by atoms with Gasteiger partial charge in [0.25, 0.3) is 6.47 Å². The fourth-order valence-corrected chi connectivity index (χ4v) is 1.48. The third kappa shape index (κ3) is 5.06. The zero-order chi connectivity index (χ0) is 14.7. The number of carbonyl (C=O) groups is 2. The van der Waals surface area contributed by atoms with Crippen LogP contribution in [0.5, 0.6) is 0 Å². The molecule has 17 heavy (non-hydrogen) atoms. The lowest BCUT2D eigenvalue weighted by Gasteiger charge is -2.33. The Morgan fingerprint density at radius 1 is 1.59 bits per heavy atom. The lowest BCUT2D eigenvalue weighted by Crippen LogP contribution is -2.42. The number of ether oxygens (including phenoxy) is 2. The molecule has 1 heterocycles. The Morgan fingerprint density at radius 3 is 2.82 bits per heavy atom. The van der Waals surface area contributed by atoms with Crippen LogP contribution in [0.1, 0.15) is 36.3 Å². The van der Waals surface area contributed by atoms with Gasteiger partial charge in [-0.1, -0.05) is 0 Å². The van der Waals surface area contributed by atoms with Crippen molar-refractivity contribution in [2.45, 2.75) is 39.2 Å². The third-order valence-electron chi connectivity index (χ3n) is 2.29. The fourth-order valence-electron chi connectivity index (χ4n) is 1.48. The molecule has 0 aromatic carbocycles. The summed E-state index contributed by atoms with van der Waals surface area (Å²) in [5, 5.41) is 0. The van der Waals surface area contributed by atoms with Crippen molar-refractivity contribution in [1.29, 1.82) is 0 Å². The van der Waals surface area contributed by atoms with Crippen molar-refractivity contribution in [1.82, 2.24) is 4.90 Å². The normalized spacial score (nSPS) is 31.2. The van der Waals surface area contributed by atoms with Crippen molar-refractivity contribution in [3.05, 3.63) is 0 Å². The highest BCUT2D eigenvalue weighted by molar-refractivity contribution is 5.68. The summed E-state index contributed by atoms with van der Waals surface area (Å²) in [6, 6.07) is 0. The van der Waals surface area contributed by atoms with Crippen LogP contribution in [0, 0.1) is 5.89 Å². The van der Waals surface area contributed by atoms with Crippen molar-refractivity contribution in [2.24, 2.45) is 5.89 Å². The average Bonchev–Trinajstić information content (AvgIpc) is 2.28. The summed E-state index contributed by atoms with van der Waals surface area (Å²) in [5.74, 6) is -1.15. The van der Waals surface area contributed by atoms with Gasteiger partial charge in [-0.05, 0) is 39.5 Å². The van der Waals surface area contributed by atoms with Gasteiger partial charge in [0.15, 0.2) is 0 Å². The zero-order valence-corrected chi connectivity index (χ0v) is 10.6. The summed E-state index contributed by atoms with van der Waals surface area (Å²) in [5.41, 5.74) is -0.579. The molecule has 2 unspecified atom stereocenters. The van der Waals surface area contributed by atoms with E-state index in [2.05, 4.69) is 4.74 Å². The van der Waals surface area contributed by atoms with Crippen molar-refractivity contribution >= 4 is 12.6 Å². The predicted molar refractivity (Wildman–Crippen MR) is 62.5 cm³/mol. The Bertz CT molecular complexity index is 345. The summed E-state index contributed by atoms with van der Waals surface area (Å²) < 4.78 is 25.8. The molecular formula is C12H21NO4. The molecule has 1 rings (SSSR count). The highest BCUT2D eigenvalue weighted by atomic mass is 16.6. The quantitative estimate of drug-likeness (QED) is 0.711. The molecule has 1 fully saturated rings. The van der Waals surface area contributed by atoms with E-state index in [1.165, 1.54) is 4.90 Å². The average molecular weight is 245 g/mol. The van der Waals surface area contributed by atoms with Crippen LogP contribution in [0.2, 0.25) is 0 Å². The van der Waals surface area contributed by atoms with Gasteiger partial charge in [0.1, 0.15) is 5.60 Å². The van der Waals surface area contributed by atoms with Gasteiger partial charge >= 0.3 is 6.09 Å². The van der Waals surface area contributed by atoms with E-state index >= 15 is 0 Å². The lowest BCUT2D eigenvalue weighted by atomic mass is 9.98. The van der Waals surface area contributed by atoms with Gasteiger partial charge < -0.3 is 14.4 Å². The fraction of sp³-hybridized carbons (Fsp3) is 0.833. The zero-order valence-electron chi connectivity index (χ0n) is 12.6. The van der Waals surface area contributed by atoms with Gasteiger partial charge in [-0.3, -0.25) is 4.79 Å². The number of amides is 1. The van der Waals surface area contributed by atoms with Gasteiger partial charge in [-0.25, -0.2) is 4.79 Å². The maximum atomic E-state index is 11.9. The number of hydrogen-bond donors (Lipinski definition) is 0. The van der Waals surface area contributed by atoms with Gasteiger partial charge in [-0.2, -0.15) is 0 Å². The second kappa shape index (κ2) is 5.89. The van der Waals surface area contributed by atoms with E-state index in [9.17, 15) is 9.59 Å². The maximum Gasteiger partial charge on any atom is 0.410 e. The minimum absolute atomic E-state index is 0.112. The van der Waals surface area contributed by atoms with Crippen molar-refractivity contribution in [3.63, 3.8) is 0 Å². The van der Waals surface area contributed by atoms with Crippen molar-refractivity contribution < 1.29 is 21.8 Å². The van der Waals surface area contributed by atoms with Gasteiger partial charge in [-0.15, -0.1) is 0 Å². The molecule has 0 aromatic rings. The van der Waals surface area contributed by atoms with E-state index in [0.29, 0.717) is 6.54 Å². The molecule has 98 valence electrons. The second-order valence-electron chi connectivity index (χ2n) is 4.95. The first kappa shape index (κ1) is 10.9. The number of nitrogens with zero attached hydrogens (tertiary/aromatic N) is 1. The SMILES string of the molecule is [2H]C1CN(C(=O)OC(C)(C)C)CCC1([2H])COC=O. The summed E-state index contributed by atoms with van der Waals surface area (Å²) in [4.78, 5) is 23.5. The van der Waals surface area contributed by atoms with Gasteiger partial charge in [0, 0.05) is 15.8 Å². The number of carbonyl (C=O) groups excluding carboxylic acids is 2. The van der Waals surface area contributed by atoms with Gasteiger partial charge in [0.05, 0.1) is 6.61 Å². The van der Waals surface area contributed by atoms with E-state index in [4.69, 9.17) is 7.48 Å². The van der Waals surface area contributed by atoms with E-state index in [0.717, 1.165) is 0 Å². The number of likely N-dealkylation sites (tertiary alicyclic amines) is 1. The third-order valence-corrected chi connectivity index (χ3v) is 2.29. The predicted octanol–water partition coefficient (Wildman–Crippen LogP) is 1.81. The molecule has 0 spiro atoms. The van der Waals surface area contributed by atoms with Crippen LogP contribution in [0.25, 0.3) is 0 Å². The molecule has 1 saturated heterocycles. The number of rotatable bonds is 3. The first-order valence-electron chi connectivity index (χ1n) is 6.71. The molecule has 5 heteroatoms. The van der Waals surface area contributed by atoms with Crippen LogP contribution in [-0.2, 0) is 14.3 Å². The Kier molecular flexibility index (Phi) is 3.76. The first-order valence-corrected chi connectivity index (χ1v) is 5.63. The summed E-state index contributed by atoms with van der Waals surface area (Å²) in [7, 11) is 0. The Hall–Kier alpha value is -1.26. The molecule has 0 aromatic heterocycles. The summed E-state index contributed by atoms with van der Waals surface area (Å²) >= 11 is 0. The monoisotopic (exact) mass is 245 g/mol. The van der Waals surface area contributed by atoms with Crippen molar-refractivity contribution in [2.75, 3.05) is 19.7 Å². The molecule has 0 N–H and O–H groups in total.